The van der Waals surface area contributed by atoms with Crippen molar-refractivity contribution >= 4 is 5.97 Å². The number of carbonyl (C=O) groups is 1. The number of hydrogen-bond acceptors (Lipinski definition) is 3. The number of rotatable bonds is 7. The second kappa shape index (κ2) is 7.04. The molecule has 1 aromatic rings. The van der Waals surface area contributed by atoms with Crippen LogP contribution >= 0.6 is 0 Å². The molecular formula is C13H19NO3. The molecule has 0 aromatic heterocycles. The summed E-state index contributed by atoms with van der Waals surface area (Å²) in [5.41, 5.74) is 6.56. The lowest BCUT2D eigenvalue weighted by Gasteiger charge is -2.14. The van der Waals surface area contributed by atoms with E-state index in [-0.39, 0.29) is 5.92 Å². The second-order valence-corrected chi connectivity index (χ2v) is 4.29. The zero-order valence-electron chi connectivity index (χ0n) is 10.0. The predicted octanol–water partition coefficient (Wildman–Crippen LogP) is 1.64. The van der Waals surface area contributed by atoms with Crippen molar-refractivity contribution in [2.24, 2.45) is 11.7 Å². The Morgan fingerprint density at radius 3 is 2.65 bits per heavy atom. The maximum Gasteiger partial charge on any atom is 0.320 e. The van der Waals surface area contributed by atoms with Gasteiger partial charge in [0, 0.05) is 6.61 Å². The molecule has 1 rings (SSSR count). The summed E-state index contributed by atoms with van der Waals surface area (Å²) in [5.74, 6) is -0.815. The van der Waals surface area contributed by atoms with E-state index in [0.29, 0.717) is 19.6 Å². The van der Waals surface area contributed by atoms with Crippen molar-refractivity contribution in [3.8, 4) is 0 Å². The van der Waals surface area contributed by atoms with E-state index in [0.717, 1.165) is 5.56 Å². The Morgan fingerprint density at radius 2 is 2.06 bits per heavy atom. The highest BCUT2D eigenvalue weighted by Gasteiger charge is 2.15. The molecule has 0 saturated heterocycles. The first kappa shape index (κ1) is 13.7. The van der Waals surface area contributed by atoms with Gasteiger partial charge in [-0.05, 0) is 17.9 Å². The van der Waals surface area contributed by atoms with E-state index in [1.165, 1.54) is 0 Å². The predicted molar refractivity (Wildman–Crippen MR) is 65.5 cm³/mol. The van der Waals surface area contributed by atoms with Crippen molar-refractivity contribution in [1.29, 1.82) is 0 Å². The number of aliphatic carboxylic acids is 1. The Labute approximate surface area is 101 Å². The number of hydrogen-bond donors (Lipinski definition) is 2. The van der Waals surface area contributed by atoms with Gasteiger partial charge in [-0.1, -0.05) is 37.3 Å². The molecule has 0 aliphatic heterocycles. The van der Waals surface area contributed by atoms with Gasteiger partial charge in [0.25, 0.3) is 0 Å². The van der Waals surface area contributed by atoms with E-state index in [1.807, 2.05) is 37.3 Å². The summed E-state index contributed by atoms with van der Waals surface area (Å²) in [4.78, 5) is 10.6. The molecule has 1 unspecified atom stereocenters. The summed E-state index contributed by atoms with van der Waals surface area (Å²) in [6.45, 7) is 3.01. The summed E-state index contributed by atoms with van der Waals surface area (Å²) < 4.78 is 5.51. The molecule has 0 radical (unpaired) electrons. The molecule has 2 atom stereocenters. The molecule has 94 valence electrons. The quantitative estimate of drug-likeness (QED) is 0.756. The largest absolute Gasteiger partial charge is 0.480 e. The highest BCUT2D eigenvalue weighted by molar-refractivity contribution is 5.72. The Kier molecular flexibility index (Phi) is 5.66. The van der Waals surface area contributed by atoms with Gasteiger partial charge in [-0.15, -0.1) is 0 Å². The van der Waals surface area contributed by atoms with E-state index in [4.69, 9.17) is 15.6 Å². The van der Waals surface area contributed by atoms with Crippen LogP contribution in [0.3, 0.4) is 0 Å². The first-order valence-electron chi connectivity index (χ1n) is 5.69. The van der Waals surface area contributed by atoms with E-state index in [2.05, 4.69) is 0 Å². The van der Waals surface area contributed by atoms with Crippen molar-refractivity contribution in [3.63, 3.8) is 0 Å². The lowest BCUT2D eigenvalue weighted by atomic mass is 10.0. The molecule has 0 heterocycles. The highest BCUT2D eigenvalue weighted by atomic mass is 16.5. The van der Waals surface area contributed by atoms with Crippen molar-refractivity contribution < 1.29 is 14.6 Å². The van der Waals surface area contributed by atoms with E-state index in [9.17, 15) is 4.79 Å². The molecule has 1 aromatic carbocycles. The lowest BCUT2D eigenvalue weighted by Crippen LogP contribution is -2.32. The van der Waals surface area contributed by atoms with Crippen LogP contribution in [0.1, 0.15) is 18.9 Å². The van der Waals surface area contributed by atoms with Crippen molar-refractivity contribution in [2.75, 3.05) is 6.61 Å². The molecule has 4 heteroatoms. The summed E-state index contributed by atoms with van der Waals surface area (Å²) in [5, 5.41) is 8.67. The maximum atomic E-state index is 10.6. The number of carboxylic acids is 1. The fraction of sp³-hybridized carbons (Fsp3) is 0.462. The van der Waals surface area contributed by atoms with Crippen molar-refractivity contribution in [1.82, 2.24) is 0 Å². The number of carboxylic acid groups (broad SMARTS) is 1. The van der Waals surface area contributed by atoms with Crippen LogP contribution in [0.25, 0.3) is 0 Å². The number of nitrogens with two attached hydrogens (primary N) is 1. The van der Waals surface area contributed by atoms with E-state index < -0.39 is 12.0 Å². The second-order valence-electron chi connectivity index (χ2n) is 4.29. The number of benzene rings is 1. The summed E-state index contributed by atoms with van der Waals surface area (Å²) in [7, 11) is 0. The molecule has 0 bridgehead atoms. The van der Waals surface area contributed by atoms with Gasteiger partial charge in [0.05, 0.1) is 6.61 Å². The molecule has 4 nitrogen and oxygen atoms in total. The third-order valence-electron chi connectivity index (χ3n) is 2.49. The molecule has 3 N–H and O–H groups in total. The van der Waals surface area contributed by atoms with E-state index >= 15 is 0 Å². The maximum absolute atomic E-state index is 10.6. The van der Waals surface area contributed by atoms with Gasteiger partial charge >= 0.3 is 5.97 Å². The van der Waals surface area contributed by atoms with Gasteiger partial charge in [0.1, 0.15) is 6.04 Å². The Hall–Kier alpha value is -1.39. The van der Waals surface area contributed by atoms with Gasteiger partial charge in [-0.2, -0.15) is 0 Å². The smallest absolute Gasteiger partial charge is 0.320 e. The minimum Gasteiger partial charge on any atom is -0.480 e. The highest BCUT2D eigenvalue weighted by Crippen LogP contribution is 2.08. The normalized spacial score (nSPS) is 14.2. The molecule has 0 aliphatic carbocycles. The van der Waals surface area contributed by atoms with Crippen molar-refractivity contribution in [2.45, 2.75) is 26.0 Å². The van der Waals surface area contributed by atoms with Gasteiger partial charge in [0.2, 0.25) is 0 Å². The van der Waals surface area contributed by atoms with Crippen LogP contribution in [0, 0.1) is 5.92 Å². The molecular weight excluding hydrogens is 218 g/mol. The average Bonchev–Trinajstić information content (AvgIpc) is 2.30. The zero-order valence-corrected chi connectivity index (χ0v) is 10.0. The lowest BCUT2D eigenvalue weighted by molar-refractivity contribution is -0.139. The third kappa shape index (κ3) is 5.47. The van der Waals surface area contributed by atoms with E-state index in [1.54, 1.807) is 0 Å². The van der Waals surface area contributed by atoms with Gasteiger partial charge in [-0.25, -0.2) is 0 Å². The van der Waals surface area contributed by atoms with Gasteiger partial charge < -0.3 is 15.6 Å². The van der Waals surface area contributed by atoms with Crippen LogP contribution in [0.15, 0.2) is 30.3 Å². The fourth-order valence-corrected chi connectivity index (χ4v) is 1.55. The molecule has 0 amide bonds. The first-order valence-corrected chi connectivity index (χ1v) is 5.69. The first-order chi connectivity index (χ1) is 8.09. The molecule has 0 saturated carbocycles. The molecule has 0 spiro atoms. The molecule has 0 fully saturated rings. The SMILES string of the molecule is CC(COCc1ccccc1)C[C@H](N)C(=O)O. The minimum atomic E-state index is -0.958. The zero-order chi connectivity index (χ0) is 12.7. The molecule has 0 aliphatic rings. The van der Waals surface area contributed by atoms with Gasteiger partial charge in [-0.3, -0.25) is 4.79 Å². The fourth-order valence-electron chi connectivity index (χ4n) is 1.55. The summed E-state index contributed by atoms with van der Waals surface area (Å²) in [6, 6.07) is 9.06. The minimum absolute atomic E-state index is 0.143. The third-order valence-corrected chi connectivity index (χ3v) is 2.49. The monoisotopic (exact) mass is 237 g/mol. The van der Waals surface area contributed by atoms with Crippen LogP contribution in [-0.4, -0.2) is 23.7 Å². The van der Waals surface area contributed by atoms with Crippen LogP contribution < -0.4 is 5.73 Å². The molecule has 17 heavy (non-hydrogen) atoms. The van der Waals surface area contributed by atoms with Crippen LogP contribution in [0.2, 0.25) is 0 Å². The standard InChI is InChI=1S/C13H19NO3/c1-10(7-12(14)13(15)16)8-17-9-11-5-3-2-4-6-11/h2-6,10,12H,7-9,14H2,1H3,(H,15,16)/t10?,12-/m0/s1. The topological polar surface area (TPSA) is 72.5 Å². The number of ether oxygens (including phenoxy) is 1. The van der Waals surface area contributed by atoms with Crippen molar-refractivity contribution in [3.05, 3.63) is 35.9 Å². The Bertz CT molecular complexity index is 340. The summed E-state index contributed by atoms with van der Waals surface area (Å²) in [6.07, 6.45) is 0.435. The average molecular weight is 237 g/mol. The van der Waals surface area contributed by atoms with Crippen LogP contribution in [0.5, 0.6) is 0 Å². The summed E-state index contributed by atoms with van der Waals surface area (Å²) >= 11 is 0. The Morgan fingerprint density at radius 1 is 1.41 bits per heavy atom. The van der Waals surface area contributed by atoms with Gasteiger partial charge in [0.15, 0.2) is 0 Å². The van der Waals surface area contributed by atoms with Crippen LogP contribution in [0.4, 0.5) is 0 Å². The Balaban J connectivity index is 2.20. The van der Waals surface area contributed by atoms with Crippen LogP contribution in [-0.2, 0) is 16.1 Å².